The predicted molar refractivity (Wildman–Crippen MR) is 83.4 cm³/mol. The third-order valence-electron chi connectivity index (χ3n) is 3.63. The van der Waals surface area contributed by atoms with Gasteiger partial charge in [-0.1, -0.05) is 11.6 Å². The van der Waals surface area contributed by atoms with Crippen molar-refractivity contribution < 1.29 is 4.79 Å². The van der Waals surface area contributed by atoms with Crippen molar-refractivity contribution in [1.82, 2.24) is 10.2 Å². The first-order valence-electron chi connectivity index (χ1n) is 7.01. The number of benzene rings is 1. The SMILES string of the molecule is CC(C)N1CCC(NC(=O)Nc2ccc(C#N)c(Cl)c2)C1. The van der Waals surface area contributed by atoms with Gasteiger partial charge in [0.05, 0.1) is 10.6 Å². The smallest absolute Gasteiger partial charge is 0.319 e. The molecule has 0 aromatic heterocycles. The summed E-state index contributed by atoms with van der Waals surface area (Å²) in [6.07, 6.45) is 0.958. The number of nitriles is 1. The Labute approximate surface area is 129 Å². The Morgan fingerprint density at radius 3 is 2.86 bits per heavy atom. The molecule has 1 atom stereocenters. The summed E-state index contributed by atoms with van der Waals surface area (Å²) in [7, 11) is 0. The normalized spacial score (nSPS) is 18.5. The number of rotatable bonds is 3. The number of amides is 2. The highest BCUT2D eigenvalue weighted by atomic mass is 35.5. The summed E-state index contributed by atoms with van der Waals surface area (Å²) < 4.78 is 0. The zero-order valence-electron chi connectivity index (χ0n) is 12.2. The van der Waals surface area contributed by atoms with E-state index >= 15 is 0 Å². The minimum atomic E-state index is -0.244. The van der Waals surface area contributed by atoms with Crippen molar-refractivity contribution in [2.75, 3.05) is 18.4 Å². The first-order chi connectivity index (χ1) is 9.99. The molecule has 2 rings (SSSR count). The summed E-state index contributed by atoms with van der Waals surface area (Å²) in [5.74, 6) is 0. The maximum Gasteiger partial charge on any atom is 0.319 e. The molecule has 1 aromatic rings. The van der Waals surface area contributed by atoms with Gasteiger partial charge in [-0.25, -0.2) is 4.79 Å². The highest BCUT2D eigenvalue weighted by molar-refractivity contribution is 6.32. The minimum Gasteiger partial charge on any atom is -0.334 e. The van der Waals surface area contributed by atoms with Crippen LogP contribution in [0.1, 0.15) is 25.8 Å². The van der Waals surface area contributed by atoms with Gasteiger partial charge in [0.25, 0.3) is 0 Å². The van der Waals surface area contributed by atoms with Gasteiger partial charge in [0.2, 0.25) is 0 Å². The highest BCUT2D eigenvalue weighted by Crippen LogP contribution is 2.20. The van der Waals surface area contributed by atoms with Crippen LogP contribution >= 0.6 is 11.6 Å². The van der Waals surface area contributed by atoms with Gasteiger partial charge in [-0.3, -0.25) is 4.90 Å². The van der Waals surface area contributed by atoms with Gasteiger partial charge in [-0.15, -0.1) is 0 Å². The maximum atomic E-state index is 12.0. The summed E-state index contributed by atoms with van der Waals surface area (Å²) in [5, 5.41) is 14.9. The fourth-order valence-corrected chi connectivity index (χ4v) is 2.63. The van der Waals surface area contributed by atoms with Crippen LogP contribution in [0.25, 0.3) is 0 Å². The molecule has 0 radical (unpaired) electrons. The minimum absolute atomic E-state index is 0.168. The monoisotopic (exact) mass is 306 g/mol. The molecule has 2 amide bonds. The van der Waals surface area contributed by atoms with Crippen LogP contribution in [0.3, 0.4) is 0 Å². The average Bonchev–Trinajstić information content (AvgIpc) is 2.87. The number of carbonyl (C=O) groups is 1. The van der Waals surface area contributed by atoms with Crippen molar-refractivity contribution in [3.63, 3.8) is 0 Å². The Morgan fingerprint density at radius 2 is 2.29 bits per heavy atom. The van der Waals surface area contributed by atoms with E-state index in [-0.39, 0.29) is 12.1 Å². The highest BCUT2D eigenvalue weighted by Gasteiger charge is 2.25. The van der Waals surface area contributed by atoms with Crippen LogP contribution in [-0.4, -0.2) is 36.1 Å². The van der Waals surface area contributed by atoms with Crippen LogP contribution < -0.4 is 10.6 Å². The molecule has 1 saturated heterocycles. The number of nitrogens with one attached hydrogen (secondary N) is 2. The van der Waals surface area contributed by atoms with E-state index < -0.39 is 0 Å². The number of likely N-dealkylation sites (tertiary alicyclic amines) is 1. The van der Waals surface area contributed by atoms with Crippen LogP contribution in [0.5, 0.6) is 0 Å². The molecule has 1 aliphatic heterocycles. The predicted octanol–water partition coefficient (Wildman–Crippen LogP) is 2.82. The second-order valence-electron chi connectivity index (χ2n) is 5.48. The topological polar surface area (TPSA) is 68.2 Å². The van der Waals surface area contributed by atoms with Gasteiger partial charge >= 0.3 is 6.03 Å². The van der Waals surface area contributed by atoms with Crippen molar-refractivity contribution >= 4 is 23.3 Å². The van der Waals surface area contributed by atoms with Crippen molar-refractivity contribution in [3.8, 4) is 6.07 Å². The van der Waals surface area contributed by atoms with E-state index in [1.807, 2.05) is 6.07 Å². The van der Waals surface area contributed by atoms with Gasteiger partial charge in [0.1, 0.15) is 6.07 Å². The maximum absolute atomic E-state index is 12.0. The van der Waals surface area contributed by atoms with E-state index in [4.69, 9.17) is 16.9 Å². The van der Waals surface area contributed by atoms with Crippen molar-refractivity contribution in [2.24, 2.45) is 0 Å². The van der Waals surface area contributed by atoms with Crippen LogP contribution in [0.15, 0.2) is 18.2 Å². The number of hydrogen-bond acceptors (Lipinski definition) is 3. The van der Waals surface area contributed by atoms with Crippen LogP contribution in [0, 0.1) is 11.3 Å². The molecule has 21 heavy (non-hydrogen) atoms. The summed E-state index contributed by atoms with van der Waals surface area (Å²) in [6, 6.07) is 7.24. The molecule has 5 nitrogen and oxygen atoms in total. The van der Waals surface area contributed by atoms with Crippen LogP contribution in [0.4, 0.5) is 10.5 Å². The first kappa shape index (κ1) is 15.6. The Morgan fingerprint density at radius 1 is 1.52 bits per heavy atom. The molecule has 0 bridgehead atoms. The average molecular weight is 307 g/mol. The van der Waals surface area contributed by atoms with Gasteiger partial charge in [-0.2, -0.15) is 5.26 Å². The lowest BCUT2D eigenvalue weighted by Crippen LogP contribution is -2.40. The standard InChI is InChI=1S/C15H19ClN4O/c1-10(2)20-6-5-13(9-20)19-15(21)18-12-4-3-11(8-17)14(16)7-12/h3-4,7,10,13H,5-6,9H2,1-2H3,(H2,18,19,21). The lowest BCUT2D eigenvalue weighted by atomic mass is 10.2. The quantitative estimate of drug-likeness (QED) is 0.902. The number of urea groups is 1. The Hall–Kier alpha value is -1.77. The molecule has 0 saturated carbocycles. The van der Waals surface area contributed by atoms with Gasteiger partial charge < -0.3 is 10.6 Å². The van der Waals surface area contributed by atoms with Crippen molar-refractivity contribution in [1.29, 1.82) is 5.26 Å². The molecule has 0 spiro atoms. The molecule has 1 heterocycles. The van der Waals surface area contributed by atoms with Crippen LogP contribution in [0.2, 0.25) is 5.02 Å². The van der Waals surface area contributed by atoms with E-state index in [1.54, 1.807) is 18.2 Å². The number of nitrogens with zero attached hydrogens (tertiary/aromatic N) is 2. The summed E-state index contributed by atoms with van der Waals surface area (Å²) >= 11 is 5.94. The molecule has 1 unspecified atom stereocenters. The second-order valence-corrected chi connectivity index (χ2v) is 5.89. The second kappa shape index (κ2) is 6.79. The number of hydrogen-bond donors (Lipinski definition) is 2. The third kappa shape index (κ3) is 4.10. The third-order valence-corrected chi connectivity index (χ3v) is 3.95. The first-order valence-corrected chi connectivity index (χ1v) is 7.38. The molecule has 1 aromatic carbocycles. The zero-order valence-corrected chi connectivity index (χ0v) is 12.9. The van der Waals surface area contributed by atoms with Gasteiger partial charge in [0, 0.05) is 30.9 Å². The van der Waals surface area contributed by atoms with E-state index in [0.29, 0.717) is 22.3 Å². The van der Waals surface area contributed by atoms with E-state index in [0.717, 1.165) is 19.5 Å². The molecule has 1 fully saturated rings. The summed E-state index contributed by atoms with van der Waals surface area (Å²) in [4.78, 5) is 14.3. The number of halogens is 1. The fourth-order valence-electron chi connectivity index (χ4n) is 2.41. The zero-order chi connectivity index (χ0) is 15.4. The lowest BCUT2D eigenvalue weighted by molar-refractivity contribution is 0.244. The number of anilines is 1. The number of carbonyl (C=O) groups excluding carboxylic acids is 1. The summed E-state index contributed by atoms with van der Waals surface area (Å²) in [6.45, 7) is 6.19. The largest absolute Gasteiger partial charge is 0.334 e. The van der Waals surface area contributed by atoms with Gasteiger partial charge in [-0.05, 0) is 38.5 Å². The van der Waals surface area contributed by atoms with Gasteiger partial charge in [0.15, 0.2) is 0 Å². The molecular formula is C15H19ClN4O. The van der Waals surface area contributed by atoms with E-state index in [9.17, 15) is 4.79 Å². The van der Waals surface area contributed by atoms with Crippen LogP contribution in [-0.2, 0) is 0 Å². The molecule has 1 aliphatic rings. The fraction of sp³-hybridized carbons (Fsp3) is 0.467. The summed E-state index contributed by atoms with van der Waals surface area (Å²) in [5.41, 5.74) is 0.973. The molecule has 112 valence electrons. The molecule has 6 heteroatoms. The Kier molecular flexibility index (Phi) is 5.05. The Bertz CT molecular complexity index is 567. The molecule has 0 aliphatic carbocycles. The molecule has 2 N–H and O–H groups in total. The van der Waals surface area contributed by atoms with Crippen molar-refractivity contribution in [3.05, 3.63) is 28.8 Å². The Balaban J connectivity index is 1.88. The van der Waals surface area contributed by atoms with E-state index in [1.165, 1.54) is 0 Å². The lowest BCUT2D eigenvalue weighted by Gasteiger charge is -2.20. The van der Waals surface area contributed by atoms with Crippen molar-refractivity contribution in [2.45, 2.75) is 32.4 Å². The molecular weight excluding hydrogens is 288 g/mol. The van der Waals surface area contributed by atoms with E-state index in [2.05, 4.69) is 29.4 Å².